The molecule has 2 nitrogen and oxygen atoms in total. The smallest absolute Gasteiger partial charge is 0.0930 e. The molecule has 2 rings (SSSR count). The minimum atomic E-state index is -0.452. The lowest BCUT2D eigenvalue weighted by Crippen LogP contribution is -2.42. The molecule has 3 atom stereocenters. The first-order valence-electron chi connectivity index (χ1n) is 4.55. The van der Waals surface area contributed by atoms with E-state index in [2.05, 4.69) is 6.92 Å². The molecule has 0 radical (unpaired) electrons. The van der Waals surface area contributed by atoms with Crippen LogP contribution in [-0.2, 0) is 4.74 Å². The van der Waals surface area contributed by atoms with Crippen molar-refractivity contribution < 1.29 is 9.84 Å². The van der Waals surface area contributed by atoms with Crippen molar-refractivity contribution in [3.63, 3.8) is 0 Å². The Bertz CT molecular complexity index is 158. The van der Waals surface area contributed by atoms with Gasteiger partial charge < -0.3 is 9.84 Å². The van der Waals surface area contributed by atoms with Crippen molar-refractivity contribution in [2.75, 3.05) is 6.61 Å². The minimum Gasteiger partial charge on any atom is -0.387 e. The molecule has 0 aromatic carbocycles. The van der Waals surface area contributed by atoms with E-state index in [9.17, 15) is 5.11 Å². The zero-order chi connectivity index (χ0) is 7.90. The molecule has 0 bridgehead atoms. The van der Waals surface area contributed by atoms with Crippen LogP contribution in [0.4, 0.5) is 0 Å². The second-order valence-electron chi connectivity index (χ2n) is 4.09. The zero-order valence-electron chi connectivity index (χ0n) is 7.05. The van der Waals surface area contributed by atoms with Gasteiger partial charge in [0.05, 0.1) is 11.7 Å². The number of fused-ring (bicyclic) bond motifs is 1. The van der Waals surface area contributed by atoms with Crippen LogP contribution >= 0.6 is 0 Å². The van der Waals surface area contributed by atoms with E-state index in [0.717, 1.165) is 38.2 Å². The summed E-state index contributed by atoms with van der Waals surface area (Å²) in [5.74, 6) is 0.735. The summed E-state index contributed by atoms with van der Waals surface area (Å²) in [5.41, 5.74) is -0.452. The van der Waals surface area contributed by atoms with Gasteiger partial charge in [-0.2, -0.15) is 0 Å². The largest absolute Gasteiger partial charge is 0.387 e. The van der Waals surface area contributed by atoms with Crippen molar-refractivity contribution in [2.45, 2.75) is 44.3 Å². The Labute approximate surface area is 67.6 Å². The number of hydrogen-bond donors (Lipinski definition) is 1. The number of ether oxygens (including phenoxy) is 1. The summed E-state index contributed by atoms with van der Waals surface area (Å²) in [5, 5.41) is 10.0. The normalized spacial score (nSPS) is 50.7. The van der Waals surface area contributed by atoms with Crippen LogP contribution in [0.5, 0.6) is 0 Å². The molecule has 0 aromatic rings. The fourth-order valence-electron chi connectivity index (χ4n) is 2.25. The Hall–Kier alpha value is -0.0800. The van der Waals surface area contributed by atoms with Gasteiger partial charge in [0.25, 0.3) is 0 Å². The van der Waals surface area contributed by atoms with Crippen molar-refractivity contribution in [1.29, 1.82) is 0 Å². The van der Waals surface area contributed by atoms with Crippen molar-refractivity contribution in [3.05, 3.63) is 0 Å². The molecule has 0 unspecified atom stereocenters. The molecule has 1 saturated carbocycles. The number of aliphatic hydroxyl groups is 1. The fraction of sp³-hybridized carbons (Fsp3) is 1.00. The van der Waals surface area contributed by atoms with E-state index in [-0.39, 0.29) is 6.10 Å². The summed E-state index contributed by atoms with van der Waals surface area (Å²) in [6, 6.07) is 0. The lowest BCUT2D eigenvalue weighted by Gasteiger charge is -2.35. The van der Waals surface area contributed by atoms with Gasteiger partial charge in [0.1, 0.15) is 0 Å². The molecule has 2 aliphatic rings. The summed E-state index contributed by atoms with van der Waals surface area (Å²) in [6.45, 7) is 3.00. The topological polar surface area (TPSA) is 29.5 Å². The Morgan fingerprint density at radius 3 is 3.09 bits per heavy atom. The quantitative estimate of drug-likeness (QED) is 0.573. The maximum absolute atomic E-state index is 10.0. The van der Waals surface area contributed by atoms with Gasteiger partial charge in [-0.25, -0.2) is 0 Å². The summed E-state index contributed by atoms with van der Waals surface area (Å²) < 4.78 is 5.48. The van der Waals surface area contributed by atoms with E-state index >= 15 is 0 Å². The first kappa shape index (κ1) is 7.56. The lowest BCUT2D eigenvalue weighted by atomic mass is 9.77. The molecule has 2 heteroatoms. The third-order valence-corrected chi connectivity index (χ3v) is 3.14. The molecule has 0 spiro atoms. The Morgan fingerprint density at radius 1 is 1.45 bits per heavy atom. The van der Waals surface area contributed by atoms with Gasteiger partial charge in [0.15, 0.2) is 0 Å². The fourth-order valence-corrected chi connectivity index (χ4v) is 2.25. The second-order valence-corrected chi connectivity index (χ2v) is 4.09. The van der Waals surface area contributed by atoms with Gasteiger partial charge in [-0.3, -0.25) is 0 Å². The van der Waals surface area contributed by atoms with Gasteiger partial charge in [0, 0.05) is 13.0 Å². The second kappa shape index (κ2) is 2.46. The highest BCUT2D eigenvalue weighted by Gasteiger charge is 2.45. The van der Waals surface area contributed by atoms with Gasteiger partial charge in [-0.05, 0) is 25.2 Å². The Morgan fingerprint density at radius 2 is 2.27 bits per heavy atom. The Kier molecular flexibility index (Phi) is 1.69. The molecular weight excluding hydrogens is 140 g/mol. The molecule has 1 aliphatic carbocycles. The van der Waals surface area contributed by atoms with Crippen molar-refractivity contribution >= 4 is 0 Å². The van der Waals surface area contributed by atoms with E-state index in [1.807, 2.05) is 0 Å². The summed E-state index contributed by atoms with van der Waals surface area (Å²) in [4.78, 5) is 0. The number of rotatable bonds is 0. The van der Waals surface area contributed by atoms with Crippen molar-refractivity contribution in [1.82, 2.24) is 0 Å². The molecule has 1 N–H and O–H groups in total. The third-order valence-electron chi connectivity index (χ3n) is 3.14. The van der Waals surface area contributed by atoms with Gasteiger partial charge >= 0.3 is 0 Å². The van der Waals surface area contributed by atoms with E-state index in [4.69, 9.17) is 4.74 Å². The van der Waals surface area contributed by atoms with Gasteiger partial charge in [-0.1, -0.05) is 6.92 Å². The van der Waals surface area contributed by atoms with Crippen LogP contribution in [0.1, 0.15) is 32.6 Å². The third kappa shape index (κ3) is 1.18. The average molecular weight is 156 g/mol. The Balaban J connectivity index is 2.08. The molecular formula is C9H16O2. The zero-order valence-corrected chi connectivity index (χ0v) is 7.05. The van der Waals surface area contributed by atoms with Gasteiger partial charge in [-0.15, -0.1) is 0 Å². The van der Waals surface area contributed by atoms with E-state index in [1.165, 1.54) is 0 Å². The molecule has 64 valence electrons. The first-order chi connectivity index (χ1) is 5.21. The summed E-state index contributed by atoms with van der Waals surface area (Å²) in [6.07, 6.45) is 4.15. The maximum Gasteiger partial charge on any atom is 0.0930 e. The van der Waals surface area contributed by atoms with E-state index in [1.54, 1.807) is 0 Å². The summed E-state index contributed by atoms with van der Waals surface area (Å²) in [7, 11) is 0. The minimum absolute atomic E-state index is 0.145. The first-order valence-corrected chi connectivity index (χ1v) is 4.55. The molecule has 11 heavy (non-hydrogen) atoms. The predicted octanol–water partition coefficient (Wildman–Crippen LogP) is 1.33. The standard InChI is InChI=1S/C9H16O2/c1-7-2-3-9(10)4-5-11-8(9)6-7/h7-8,10H,2-6H2,1H3/t7-,8-,9+/m1/s1. The monoisotopic (exact) mass is 156 g/mol. The van der Waals surface area contributed by atoms with E-state index in [0.29, 0.717) is 0 Å². The van der Waals surface area contributed by atoms with Crippen molar-refractivity contribution in [3.8, 4) is 0 Å². The molecule has 1 aliphatic heterocycles. The number of hydrogen-bond acceptors (Lipinski definition) is 2. The van der Waals surface area contributed by atoms with Gasteiger partial charge in [0.2, 0.25) is 0 Å². The molecule has 1 heterocycles. The molecule has 2 fully saturated rings. The summed E-state index contributed by atoms with van der Waals surface area (Å²) >= 11 is 0. The van der Waals surface area contributed by atoms with E-state index < -0.39 is 5.60 Å². The highest BCUT2D eigenvalue weighted by atomic mass is 16.5. The highest BCUT2D eigenvalue weighted by molar-refractivity contribution is 4.96. The van der Waals surface area contributed by atoms with Crippen LogP contribution in [0.3, 0.4) is 0 Å². The van der Waals surface area contributed by atoms with Crippen LogP contribution in [0.25, 0.3) is 0 Å². The molecule has 0 aromatic heterocycles. The van der Waals surface area contributed by atoms with Crippen molar-refractivity contribution in [2.24, 2.45) is 5.92 Å². The van der Waals surface area contributed by atoms with Crippen LogP contribution in [0.15, 0.2) is 0 Å². The highest BCUT2D eigenvalue weighted by Crippen LogP contribution is 2.40. The van der Waals surface area contributed by atoms with Crippen LogP contribution < -0.4 is 0 Å². The van der Waals surface area contributed by atoms with Crippen LogP contribution in [0, 0.1) is 5.92 Å². The average Bonchev–Trinajstić information content (AvgIpc) is 2.31. The molecule has 0 amide bonds. The lowest BCUT2D eigenvalue weighted by molar-refractivity contribution is -0.0748. The van der Waals surface area contributed by atoms with Crippen LogP contribution in [0.2, 0.25) is 0 Å². The predicted molar refractivity (Wildman–Crippen MR) is 42.3 cm³/mol. The van der Waals surface area contributed by atoms with Crippen LogP contribution in [-0.4, -0.2) is 23.4 Å². The molecule has 1 saturated heterocycles. The maximum atomic E-state index is 10.0. The SMILES string of the molecule is C[C@@H]1CC[C@]2(O)CCO[C@@H]2C1.